The lowest BCUT2D eigenvalue weighted by Crippen LogP contribution is -2.42. The average Bonchev–Trinajstić information content (AvgIpc) is 3.11. The van der Waals surface area contributed by atoms with Crippen LogP contribution in [0.5, 0.6) is 0 Å². The van der Waals surface area contributed by atoms with Crippen molar-refractivity contribution < 1.29 is 9.53 Å². The van der Waals surface area contributed by atoms with Crippen LogP contribution in [0, 0.1) is 25.7 Å². The molecule has 3 aliphatic rings. The molecule has 0 aliphatic carbocycles. The van der Waals surface area contributed by atoms with Crippen LogP contribution in [0.2, 0.25) is 0 Å². The minimum atomic E-state index is -0.0156. The molecule has 124 valence electrons. The topological polar surface area (TPSA) is 54.5 Å². The van der Waals surface area contributed by atoms with Crippen molar-refractivity contribution in [2.45, 2.75) is 38.4 Å². The summed E-state index contributed by atoms with van der Waals surface area (Å²) in [6.07, 6.45) is 2.64. The van der Waals surface area contributed by atoms with Crippen LogP contribution in [-0.4, -0.2) is 54.2 Å². The molecule has 1 spiro atoms. The second-order valence-electron chi connectivity index (χ2n) is 7.52. The van der Waals surface area contributed by atoms with Crippen molar-refractivity contribution in [2.75, 3.05) is 26.7 Å². The van der Waals surface area contributed by atoms with Gasteiger partial charge in [0.1, 0.15) is 0 Å². The van der Waals surface area contributed by atoms with Gasteiger partial charge in [-0.1, -0.05) is 0 Å². The van der Waals surface area contributed by atoms with Gasteiger partial charge in [0.15, 0.2) is 0 Å². The van der Waals surface area contributed by atoms with E-state index in [4.69, 9.17) is 4.74 Å². The van der Waals surface area contributed by atoms with E-state index >= 15 is 0 Å². The molecule has 1 N–H and O–H groups in total. The second kappa shape index (κ2) is 5.28. The summed E-state index contributed by atoms with van der Waals surface area (Å²) in [6, 6.07) is 3.76. The highest BCUT2D eigenvalue weighted by Crippen LogP contribution is 2.54. The van der Waals surface area contributed by atoms with Gasteiger partial charge in [-0.2, -0.15) is 0 Å². The molecule has 3 fully saturated rings. The molecular formula is C18H25N3O2. The largest absolute Gasteiger partial charge is 0.370 e. The maximum absolute atomic E-state index is 12.5. The van der Waals surface area contributed by atoms with Crippen molar-refractivity contribution in [2.24, 2.45) is 11.8 Å². The highest BCUT2D eigenvalue weighted by molar-refractivity contribution is 5.95. The van der Waals surface area contributed by atoms with Crippen LogP contribution in [0.1, 0.15) is 34.6 Å². The van der Waals surface area contributed by atoms with Crippen molar-refractivity contribution in [1.29, 1.82) is 0 Å². The lowest BCUT2D eigenvalue weighted by molar-refractivity contribution is 0.00472. The minimum absolute atomic E-state index is 0.0156. The van der Waals surface area contributed by atoms with E-state index in [0.29, 0.717) is 30.0 Å². The molecule has 0 saturated carbocycles. The summed E-state index contributed by atoms with van der Waals surface area (Å²) in [5.74, 6) is 0.985. The molecule has 1 aromatic rings. The highest BCUT2D eigenvalue weighted by atomic mass is 16.5. The number of pyridine rings is 1. The molecule has 2 bridgehead atoms. The third-order valence-corrected chi connectivity index (χ3v) is 5.92. The van der Waals surface area contributed by atoms with E-state index < -0.39 is 0 Å². The Morgan fingerprint density at radius 1 is 1.48 bits per heavy atom. The molecule has 4 heterocycles. The van der Waals surface area contributed by atoms with Crippen LogP contribution in [0.25, 0.3) is 0 Å². The number of carbonyl (C=O) groups excluding carboxylic acids is 1. The zero-order valence-corrected chi connectivity index (χ0v) is 14.1. The number of ether oxygens (including phenoxy) is 1. The Kier molecular flexibility index (Phi) is 3.46. The number of hydrogen-bond donors (Lipinski definition) is 1. The number of rotatable bonds is 3. The number of likely N-dealkylation sites (tertiary alicyclic amines) is 1. The normalized spacial score (nSPS) is 35.5. The molecule has 4 atom stereocenters. The summed E-state index contributed by atoms with van der Waals surface area (Å²) in [7, 11) is 2.17. The molecule has 5 nitrogen and oxygen atoms in total. The number of nitrogens with one attached hydrogen (secondary N) is 1. The summed E-state index contributed by atoms with van der Waals surface area (Å²) >= 11 is 0. The van der Waals surface area contributed by atoms with E-state index in [9.17, 15) is 4.79 Å². The fourth-order valence-electron chi connectivity index (χ4n) is 4.93. The van der Waals surface area contributed by atoms with E-state index in [0.717, 1.165) is 30.9 Å². The van der Waals surface area contributed by atoms with Crippen molar-refractivity contribution in [3.05, 3.63) is 29.1 Å². The smallest absolute Gasteiger partial charge is 0.253 e. The number of aryl methyl sites for hydroxylation is 2. The monoisotopic (exact) mass is 315 g/mol. The zero-order chi connectivity index (χ0) is 16.2. The Morgan fingerprint density at radius 3 is 3.09 bits per heavy atom. The van der Waals surface area contributed by atoms with Gasteiger partial charge in [0.05, 0.1) is 23.0 Å². The third kappa shape index (κ3) is 2.37. The number of hydrogen-bond acceptors (Lipinski definition) is 4. The summed E-state index contributed by atoms with van der Waals surface area (Å²) in [5, 5.41) is 3.13. The van der Waals surface area contributed by atoms with Crippen LogP contribution in [0.3, 0.4) is 0 Å². The summed E-state index contributed by atoms with van der Waals surface area (Å²) < 4.78 is 6.34. The average molecular weight is 315 g/mol. The fraction of sp³-hybridized carbons (Fsp3) is 0.667. The molecule has 0 radical (unpaired) electrons. The molecule has 3 aliphatic heterocycles. The number of nitrogens with zero attached hydrogens (tertiary/aromatic N) is 2. The van der Waals surface area contributed by atoms with Gasteiger partial charge in [0.25, 0.3) is 5.91 Å². The standard InChI is InChI=1S/C18H25N3O2/c1-11-4-5-13(12(2)20-11)17(22)19-8-14-15-9-21(3)10-18(15)7-6-16(14)23-18/h4-5,14-16H,6-10H2,1-3H3,(H,19,22)/t14-,15+,16+,18+/m0/s1. The lowest BCUT2D eigenvalue weighted by Gasteiger charge is -2.29. The van der Waals surface area contributed by atoms with E-state index in [1.165, 1.54) is 6.42 Å². The lowest BCUT2D eigenvalue weighted by atomic mass is 9.73. The van der Waals surface area contributed by atoms with Gasteiger partial charge in [0.2, 0.25) is 0 Å². The number of aromatic nitrogens is 1. The van der Waals surface area contributed by atoms with E-state index in [-0.39, 0.29) is 11.5 Å². The van der Waals surface area contributed by atoms with Crippen molar-refractivity contribution >= 4 is 5.91 Å². The number of amides is 1. The molecule has 4 rings (SSSR count). The Labute approximate surface area is 137 Å². The van der Waals surface area contributed by atoms with Gasteiger partial charge in [-0.25, -0.2) is 0 Å². The molecule has 3 saturated heterocycles. The first-order chi connectivity index (χ1) is 11.0. The van der Waals surface area contributed by atoms with Gasteiger partial charge in [-0.05, 0) is 45.9 Å². The Morgan fingerprint density at radius 2 is 2.30 bits per heavy atom. The first-order valence-electron chi connectivity index (χ1n) is 8.57. The van der Waals surface area contributed by atoms with E-state index in [2.05, 4.69) is 22.2 Å². The molecule has 0 aromatic carbocycles. The zero-order valence-electron chi connectivity index (χ0n) is 14.1. The van der Waals surface area contributed by atoms with Crippen LogP contribution < -0.4 is 5.32 Å². The van der Waals surface area contributed by atoms with Crippen LogP contribution >= 0.6 is 0 Å². The number of fused-ring (bicyclic) bond motifs is 1. The molecule has 1 aromatic heterocycles. The summed E-state index contributed by atoms with van der Waals surface area (Å²) in [4.78, 5) is 19.2. The van der Waals surface area contributed by atoms with Crippen molar-refractivity contribution in [1.82, 2.24) is 15.2 Å². The Balaban J connectivity index is 1.44. The SMILES string of the molecule is Cc1ccc(C(=O)NC[C@H]2[C@H]3CN(C)C[C@]34CC[C@H]2O4)c(C)n1. The van der Waals surface area contributed by atoms with Crippen LogP contribution in [-0.2, 0) is 4.74 Å². The molecule has 0 unspecified atom stereocenters. The summed E-state index contributed by atoms with van der Waals surface area (Å²) in [6.45, 7) is 6.67. The summed E-state index contributed by atoms with van der Waals surface area (Å²) in [5.41, 5.74) is 2.48. The predicted octanol–water partition coefficient (Wildman–Crippen LogP) is 1.54. The highest BCUT2D eigenvalue weighted by Gasteiger charge is 2.62. The Hall–Kier alpha value is -1.46. The molecule has 23 heavy (non-hydrogen) atoms. The molecule has 5 heteroatoms. The third-order valence-electron chi connectivity index (χ3n) is 5.92. The van der Waals surface area contributed by atoms with Crippen molar-refractivity contribution in [3.8, 4) is 0 Å². The molecular weight excluding hydrogens is 290 g/mol. The van der Waals surface area contributed by atoms with E-state index in [1.54, 1.807) is 0 Å². The number of likely N-dealkylation sites (N-methyl/N-ethyl adjacent to an activating group) is 1. The quantitative estimate of drug-likeness (QED) is 0.919. The predicted molar refractivity (Wildman–Crippen MR) is 87.4 cm³/mol. The van der Waals surface area contributed by atoms with Gasteiger partial charge in [0, 0.05) is 37.2 Å². The van der Waals surface area contributed by atoms with Gasteiger partial charge in [-0.3, -0.25) is 9.78 Å². The van der Waals surface area contributed by atoms with Gasteiger partial charge >= 0.3 is 0 Å². The fourth-order valence-corrected chi connectivity index (χ4v) is 4.93. The van der Waals surface area contributed by atoms with Crippen molar-refractivity contribution in [3.63, 3.8) is 0 Å². The van der Waals surface area contributed by atoms with E-state index in [1.807, 2.05) is 26.0 Å². The van der Waals surface area contributed by atoms with Gasteiger partial charge in [-0.15, -0.1) is 0 Å². The first kappa shape index (κ1) is 15.1. The maximum Gasteiger partial charge on any atom is 0.253 e. The first-order valence-corrected chi connectivity index (χ1v) is 8.57. The minimum Gasteiger partial charge on any atom is -0.370 e. The van der Waals surface area contributed by atoms with Crippen LogP contribution in [0.4, 0.5) is 0 Å². The maximum atomic E-state index is 12.5. The number of carbonyl (C=O) groups is 1. The van der Waals surface area contributed by atoms with Crippen LogP contribution in [0.15, 0.2) is 12.1 Å². The van der Waals surface area contributed by atoms with Gasteiger partial charge < -0.3 is 15.0 Å². The molecule has 1 amide bonds. The second-order valence-corrected chi connectivity index (χ2v) is 7.52. The Bertz CT molecular complexity index is 647.